The van der Waals surface area contributed by atoms with Gasteiger partial charge in [-0.25, -0.2) is 10.4 Å². The molecule has 0 bridgehead atoms. The third kappa shape index (κ3) is 15.9. The highest BCUT2D eigenvalue weighted by Crippen LogP contribution is 2.11. The Kier molecular flexibility index (Phi) is 13.8. The molecule has 0 heterocycles. The van der Waals surface area contributed by atoms with Gasteiger partial charge in [-0.15, -0.1) is 0 Å². The van der Waals surface area contributed by atoms with E-state index in [-0.39, 0.29) is 0 Å². The predicted molar refractivity (Wildman–Crippen MR) is 72.1 cm³/mol. The molecule has 0 saturated heterocycles. The minimum Gasteiger partial charge on any atom is -0.600 e. The lowest BCUT2D eigenvalue weighted by Crippen LogP contribution is -3.04. The summed E-state index contributed by atoms with van der Waals surface area (Å²) in [6, 6.07) is 0. The second-order valence-electron chi connectivity index (χ2n) is 5.03. The molecule has 0 rings (SSSR count). The van der Waals surface area contributed by atoms with E-state index in [2.05, 4.69) is 6.92 Å². The predicted octanol–water partition coefficient (Wildman–Crippen LogP) is 3.46. The number of hydroxylamine groups is 2. The molecule has 0 aromatic heterocycles. The number of quaternary nitrogens is 1. The summed E-state index contributed by atoms with van der Waals surface area (Å²) in [5.74, 6) is 0. The van der Waals surface area contributed by atoms with Crippen molar-refractivity contribution in [1.29, 1.82) is 0 Å². The number of hydrogen-bond acceptors (Lipinski definition) is 2. The minimum atomic E-state index is -0.655. The summed E-state index contributed by atoms with van der Waals surface area (Å²) >= 11 is 0. The average molecular weight is 245 g/mol. The molecule has 0 aromatic carbocycles. The van der Waals surface area contributed by atoms with Crippen LogP contribution in [0.15, 0.2) is 0 Å². The van der Waals surface area contributed by atoms with E-state index in [0.29, 0.717) is 6.54 Å². The van der Waals surface area contributed by atoms with Crippen molar-refractivity contribution in [3.63, 3.8) is 0 Å². The fourth-order valence-corrected chi connectivity index (χ4v) is 2.12. The molecule has 0 aromatic rings. The van der Waals surface area contributed by atoms with Gasteiger partial charge in [-0.1, -0.05) is 71.1 Å². The van der Waals surface area contributed by atoms with Gasteiger partial charge in [0, 0.05) is 0 Å². The number of rotatable bonds is 13. The quantitative estimate of drug-likeness (QED) is 0.385. The fourth-order valence-electron chi connectivity index (χ4n) is 2.12. The van der Waals surface area contributed by atoms with Crippen LogP contribution in [0.5, 0.6) is 0 Å². The van der Waals surface area contributed by atoms with Crippen LogP contribution in [-0.4, -0.2) is 11.8 Å². The maximum atomic E-state index is 10.3. The van der Waals surface area contributed by atoms with E-state index in [1.54, 1.807) is 0 Å². The SMILES string of the molecule is CCCCCCCCCCCCCC[NH+]([O-])O. The normalized spacial score (nSPS) is 12.9. The molecule has 0 aliphatic carbocycles. The molecule has 0 amide bonds. The van der Waals surface area contributed by atoms with Crippen LogP contribution in [0, 0.1) is 5.21 Å². The van der Waals surface area contributed by atoms with E-state index in [1.165, 1.54) is 64.2 Å². The summed E-state index contributed by atoms with van der Waals surface area (Å²) in [6.45, 7) is 2.60. The summed E-state index contributed by atoms with van der Waals surface area (Å²) in [4.78, 5) is 0. The van der Waals surface area contributed by atoms with Crippen LogP contribution in [0.1, 0.15) is 84.0 Å². The van der Waals surface area contributed by atoms with E-state index in [1.807, 2.05) is 0 Å². The molecule has 1 unspecified atom stereocenters. The summed E-state index contributed by atoms with van der Waals surface area (Å²) in [5.41, 5.74) is 0. The Labute approximate surface area is 107 Å². The minimum absolute atomic E-state index is 0.345. The molecule has 0 spiro atoms. The van der Waals surface area contributed by atoms with Crippen molar-refractivity contribution in [2.24, 2.45) is 0 Å². The van der Waals surface area contributed by atoms with Crippen molar-refractivity contribution >= 4 is 0 Å². The first-order valence-corrected chi connectivity index (χ1v) is 7.49. The van der Waals surface area contributed by atoms with Crippen molar-refractivity contribution < 1.29 is 10.4 Å². The molecule has 2 N–H and O–H groups in total. The van der Waals surface area contributed by atoms with Crippen LogP contribution < -0.4 is 5.23 Å². The lowest BCUT2D eigenvalue weighted by molar-refractivity contribution is -1.05. The Hall–Kier alpha value is -0.120. The second kappa shape index (κ2) is 13.9. The summed E-state index contributed by atoms with van der Waals surface area (Å²) in [5, 5.41) is 18.1. The summed E-state index contributed by atoms with van der Waals surface area (Å²) < 4.78 is 0. The number of nitrogens with one attached hydrogen (secondary N) is 1. The third-order valence-corrected chi connectivity index (χ3v) is 3.24. The molecule has 0 radical (unpaired) electrons. The Morgan fingerprint density at radius 3 is 1.41 bits per heavy atom. The van der Waals surface area contributed by atoms with Gasteiger partial charge >= 0.3 is 0 Å². The molecule has 0 aliphatic heterocycles. The molecule has 3 heteroatoms. The monoisotopic (exact) mass is 245 g/mol. The lowest BCUT2D eigenvalue weighted by Gasteiger charge is -2.11. The van der Waals surface area contributed by atoms with E-state index in [4.69, 9.17) is 5.21 Å². The summed E-state index contributed by atoms with van der Waals surface area (Å²) in [6.07, 6.45) is 15.5. The van der Waals surface area contributed by atoms with Crippen molar-refractivity contribution in [3.05, 3.63) is 5.21 Å². The van der Waals surface area contributed by atoms with Gasteiger partial charge in [0.1, 0.15) is 6.54 Å². The zero-order valence-electron chi connectivity index (χ0n) is 11.5. The maximum absolute atomic E-state index is 10.3. The largest absolute Gasteiger partial charge is 0.600 e. The molecule has 1 atom stereocenters. The van der Waals surface area contributed by atoms with Gasteiger partial charge in [0.05, 0.1) is 0 Å². The Morgan fingerprint density at radius 1 is 0.706 bits per heavy atom. The average Bonchev–Trinajstić information content (AvgIpc) is 2.30. The molecule has 0 aliphatic rings. The third-order valence-electron chi connectivity index (χ3n) is 3.24. The van der Waals surface area contributed by atoms with Crippen molar-refractivity contribution in [2.45, 2.75) is 84.0 Å². The van der Waals surface area contributed by atoms with E-state index >= 15 is 0 Å². The molecule has 3 nitrogen and oxygen atoms in total. The molecular formula is C14H31NO2. The molecule has 17 heavy (non-hydrogen) atoms. The smallest absolute Gasteiger partial charge is 0.106 e. The first-order valence-electron chi connectivity index (χ1n) is 7.49. The van der Waals surface area contributed by atoms with Crippen LogP contribution >= 0.6 is 0 Å². The van der Waals surface area contributed by atoms with Gasteiger partial charge in [-0.05, 0) is 12.8 Å². The molecule has 0 fully saturated rings. The highest BCUT2D eigenvalue weighted by Gasteiger charge is 1.94. The van der Waals surface area contributed by atoms with Gasteiger partial charge in [-0.2, -0.15) is 0 Å². The van der Waals surface area contributed by atoms with E-state index in [9.17, 15) is 5.21 Å². The molecule has 0 saturated carbocycles. The highest BCUT2D eigenvalue weighted by atomic mass is 16.8. The second-order valence-corrected chi connectivity index (χ2v) is 5.03. The van der Waals surface area contributed by atoms with Crippen LogP contribution in [0.4, 0.5) is 0 Å². The zero-order chi connectivity index (χ0) is 12.8. The fraction of sp³-hybridized carbons (Fsp3) is 1.00. The number of hydrogen-bond donors (Lipinski definition) is 2. The summed E-state index contributed by atoms with van der Waals surface area (Å²) in [7, 11) is 0. The Balaban J connectivity index is 2.89. The Bertz CT molecular complexity index is 140. The standard InChI is InChI=1S/C14H31NO2/c1-2-3-4-5-6-7-8-9-10-11-12-13-14-15(16)17/h15-16H,2-14H2,1H3. The van der Waals surface area contributed by atoms with Gasteiger partial charge in [0.2, 0.25) is 0 Å². The van der Waals surface area contributed by atoms with Crippen LogP contribution in [0.2, 0.25) is 0 Å². The molecular weight excluding hydrogens is 214 g/mol. The van der Waals surface area contributed by atoms with E-state index < -0.39 is 5.23 Å². The first-order chi connectivity index (χ1) is 8.27. The van der Waals surface area contributed by atoms with Crippen LogP contribution in [0.3, 0.4) is 0 Å². The maximum Gasteiger partial charge on any atom is 0.106 e. The topological polar surface area (TPSA) is 47.7 Å². The van der Waals surface area contributed by atoms with E-state index in [0.717, 1.165) is 12.8 Å². The lowest BCUT2D eigenvalue weighted by atomic mass is 10.1. The highest BCUT2D eigenvalue weighted by molar-refractivity contribution is 4.48. The van der Waals surface area contributed by atoms with Gasteiger partial charge < -0.3 is 5.21 Å². The van der Waals surface area contributed by atoms with Crippen LogP contribution in [0.25, 0.3) is 0 Å². The zero-order valence-corrected chi connectivity index (χ0v) is 11.5. The van der Waals surface area contributed by atoms with Gasteiger partial charge in [0.15, 0.2) is 0 Å². The van der Waals surface area contributed by atoms with Crippen molar-refractivity contribution in [2.75, 3.05) is 6.54 Å². The van der Waals surface area contributed by atoms with Gasteiger partial charge in [-0.3, -0.25) is 0 Å². The van der Waals surface area contributed by atoms with Crippen molar-refractivity contribution in [1.82, 2.24) is 0 Å². The van der Waals surface area contributed by atoms with Crippen LogP contribution in [-0.2, 0) is 0 Å². The first kappa shape index (κ1) is 16.9. The van der Waals surface area contributed by atoms with Gasteiger partial charge in [0.25, 0.3) is 0 Å². The number of unbranched alkanes of at least 4 members (excludes halogenated alkanes) is 11. The van der Waals surface area contributed by atoms with Crippen molar-refractivity contribution in [3.8, 4) is 0 Å². The molecule has 104 valence electrons. The Morgan fingerprint density at radius 2 is 1.06 bits per heavy atom.